The predicted octanol–water partition coefficient (Wildman–Crippen LogP) is 0.571. The summed E-state index contributed by atoms with van der Waals surface area (Å²) >= 11 is 0. The highest BCUT2D eigenvalue weighted by molar-refractivity contribution is 7.93. The van der Waals surface area contributed by atoms with Gasteiger partial charge in [-0.3, -0.25) is 29.5 Å². The molecule has 2 aromatic heterocycles. The molecule has 0 saturated carbocycles. The molecule has 0 aliphatic heterocycles. The Morgan fingerprint density at radius 2 is 1.85 bits per heavy atom. The lowest BCUT2D eigenvalue weighted by Crippen LogP contribution is -2.48. The number of anilines is 1. The molecule has 18 heteroatoms. The first-order chi connectivity index (χ1) is 19.0. The molecule has 2 heterocycles. The first kappa shape index (κ1) is 30.8. The Labute approximate surface area is 229 Å². The van der Waals surface area contributed by atoms with Crippen molar-refractivity contribution in [1.29, 1.82) is 5.41 Å². The van der Waals surface area contributed by atoms with Crippen molar-refractivity contribution in [2.45, 2.75) is 36.8 Å². The summed E-state index contributed by atoms with van der Waals surface area (Å²) in [6.45, 7) is 2.44. The van der Waals surface area contributed by atoms with E-state index in [-0.39, 0.29) is 15.1 Å². The monoisotopic (exact) mass is 599 g/mol. The average Bonchev–Trinajstić information content (AvgIpc) is 2.87. The van der Waals surface area contributed by atoms with Gasteiger partial charge in [-0.25, -0.2) is 18.7 Å². The van der Waals surface area contributed by atoms with Crippen LogP contribution in [0, 0.1) is 12.3 Å². The van der Waals surface area contributed by atoms with Crippen molar-refractivity contribution >= 4 is 44.4 Å². The molecule has 1 atom stereocenters. The number of carbonyl (C=O) groups is 2. The molecule has 1 aromatic carbocycles. The molecule has 14 nitrogen and oxygen atoms in total. The number of nitrogens with two attached hydrogens (primary N) is 2. The number of halogens is 3. The summed E-state index contributed by atoms with van der Waals surface area (Å²) < 4.78 is 67.6. The Morgan fingerprint density at radius 3 is 2.46 bits per heavy atom. The molecule has 0 aliphatic carbocycles. The first-order valence-corrected chi connectivity index (χ1v) is 12.9. The fraction of sp³-hybridized carbons (Fsp3) is 0.261. The summed E-state index contributed by atoms with van der Waals surface area (Å²) in [4.78, 5) is 50.4. The Hall–Kier alpha value is -4.71. The van der Waals surface area contributed by atoms with Gasteiger partial charge in [-0.05, 0) is 50.1 Å². The standard InChI is InChI=1S/C23H24F3N7O7S/c1-12-10-13-4-3-5-15(17(13)30-11-12)41(37,38)32-14-6-7-16(33(18(14)34)40-20(36)23(24,25)26)22(2,19(27)35)8-9-39-31-21(28)29/h3-7,10-11,32H,8-9H2,1-2H3,(H2,27,35)(H4,28,29,31). The number of pyridine rings is 2. The third-order valence-electron chi connectivity index (χ3n) is 5.79. The van der Waals surface area contributed by atoms with Crippen LogP contribution in [-0.2, 0) is 29.9 Å². The van der Waals surface area contributed by atoms with Crippen LogP contribution in [0.25, 0.3) is 10.9 Å². The molecular formula is C23H24F3N7O7S. The van der Waals surface area contributed by atoms with Crippen LogP contribution in [0.1, 0.15) is 24.6 Å². The second kappa shape index (κ2) is 11.4. The van der Waals surface area contributed by atoms with Crippen LogP contribution in [0.15, 0.2) is 52.3 Å². The maximum atomic E-state index is 13.3. The van der Waals surface area contributed by atoms with Gasteiger partial charge in [0, 0.05) is 11.6 Å². The van der Waals surface area contributed by atoms with Crippen LogP contribution in [-0.4, -0.2) is 48.8 Å². The van der Waals surface area contributed by atoms with E-state index in [1.807, 2.05) is 10.2 Å². The Morgan fingerprint density at radius 1 is 1.17 bits per heavy atom. The first-order valence-electron chi connectivity index (χ1n) is 11.4. The number of rotatable bonds is 10. The van der Waals surface area contributed by atoms with Crippen LogP contribution in [0.2, 0.25) is 0 Å². The van der Waals surface area contributed by atoms with Crippen LogP contribution >= 0.6 is 0 Å². The summed E-state index contributed by atoms with van der Waals surface area (Å²) in [6.07, 6.45) is -4.57. The van der Waals surface area contributed by atoms with Gasteiger partial charge in [-0.2, -0.15) is 13.2 Å². The molecule has 1 unspecified atom stereocenters. The van der Waals surface area contributed by atoms with Crippen molar-refractivity contribution in [3.8, 4) is 0 Å². The normalized spacial score (nSPS) is 13.3. The predicted molar refractivity (Wildman–Crippen MR) is 138 cm³/mol. The van der Waals surface area contributed by atoms with Gasteiger partial charge in [0.2, 0.25) is 11.9 Å². The van der Waals surface area contributed by atoms with E-state index >= 15 is 0 Å². The lowest BCUT2D eigenvalue weighted by molar-refractivity contribution is -0.200. The summed E-state index contributed by atoms with van der Waals surface area (Å²) in [5.41, 5.74) is 8.29. The van der Waals surface area contributed by atoms with Crippen molar-refractivity contribution in [2.24, 2.45) is 11.5 Å². The Bertz CT molecular complexity index is 1690. The van der Waals surface area contributed by atoms with Gasteiger partial charge in [0.05, 0.1) is 23.2 Å². The van der Waals surface area contributed by atoms with Crippen molar-refractivity contribution in [1.82, 2.24) is 15.2 Å². The highest BCUT2D eigenvalue weighted by Gasteiger charge is 2.44. The number of guanidine groups is 1. The van der Waals surface area contributed by atoms with E-state index in [1.54, 1.807) is 19.1 Å². The number of primary amides is 1. The number of para-hydroxylation sites is 1. The second-order valence-corrected chi connectivity index (χ2v) is 10.5. The number of aryl methyl sites for hydroxylation is 1. The molecule has 3 aromatic rings. The fourth-order valence-corrected chi connectivity index (χ4v) is 4.89. The van der Waals surface area contributed by atoms with Gasteiger partial charge in [0.15, 0.2) is 0 Å². The number of carbonyl (C=O) groups excluding carboxylic acids is 2. The summed E-state index contributed by atoms with van der Waals surface area (Å²) in [7, 11) is -4.58. The van der Waals surface area contributed by atoms with Crippen molar-refractivity contribution in [2.75, 3.05) is 11.3 Å². The highest BCUT2D eigenvalue weighted by atomic mass is 32.2. The maximum absolute atomic E-state index is 13.3. The van der Waals surface area contributed by atoms with Gasteiger partial charge in [-0.1, -0.05) is 12.1 Å². The Kier molecular flexibility index (Phi) is 8.58. The van der Waals surface area contributed by atoms with E-state index in [0.717, 1.165) is 24.6 Å². The van der Waals surface area contributed by atoms with E-state index in [1.165, 1.54) is 18.3 Å². The SMILES string of the molecule is Cc1cnc2c(S(=O)(=O)Nc3ccc(C(C)(CCONC(=N)N)C(N)=O)n(OC(=O)C(F)(F)F)c3=O)cccc2c1. The summed E-state index contributed by atoms with van der Waals surface area (Å²) in [5.74, 6) is -4.61. The molecule has 0 spiro atoms. The second-order valence-electron chi connectivity index (χ2n) is 8.86. The number of alkyl halides is 3. The molecule has 1 amide bonds. The minimum atomic E-state index is -5.57. The van der Waals surface area contributed by atoms with E-state index < -0.39 is 69.4 Å². The number of fused-ring (bicyclic) bond motifs is 1. The number of nitrogens with one attached hydrogen (secondary N) is 3. The van der Waals surface area contributed by atoms with Gasteiger partial charge in [-0.15, -0.1) is 4.73 Å². The van der Waals surface area contributed by atoms with Crippen molar-refractivity contribution in [3.63, 3.8) is 0 Å². The van der Waals surface area contributed by atoms with E-state index in [4.69, 9.17) is 21.7 Å². The molecule has 0 aliphatic rings. The lowest BCUT2D eigenvalue weighted by Gasteiger charge is -2.28. The Balaban J connectivity index is 2.13. The van der Waals surface area contributed by atoms with E-state index in [2.05, 4.69) is 9.82 Å². The van der Waals surface area contributed by atoms with Crippen LogP contribution in [0.4, 0.5) is 18.9 Å². The molecular weight excluding hydrogens is 575 g/mol. The number of benzene rings is 1. The minimum absolute atomic E-state index is 0.0477. The number of nitrogens with zero attached hydrogens (tertiary/aromatic N) is 2. The molecule has 41 heavy (non-hydrogen) atoms. The topological polar surface area (TPSA) is 222 Å². The summed E-state index contributed by atoms with van der Waals surface area (Å²) in [5, 5.41) is 7.52. The fourth-order valence-electron chi connectivity index (χ4n) is 3.65. The van der Waals surface area contributed by atoms with Gasteiger partial charge >= 0.3 is 17.7 Å². The average molecular weight is 600 g/mol. The smallest absolute Gasteiger partial charge is 0.369 e. The molecule has 3 rings (SSSR count). The number of hydroxylamine groups is 1. The molecule has 0 bridgehead atoms. The van der Waals surface area contributed by atoms with Gasteiger partial charge in [0.1, 0.15) is 10.6 Å². The van der Waals surface area contributed by atoms with E-state index in [0.29, 0.717) is 5.39 Å². The molecule has 0 fully saturated rings. The van der Waals surface area contributed by atoms with E-state index in [9.17, 15) is 36.0 Å². The van der Waals surface area contributed by atoms with Crippen LogP contribution in [0.3, 0.4) is 0 Å². The van der Waals surface area contributed by atoms with Crippen molar-refractivity contribution in [3.05, 3.63) is 64.2 Å². The number of aromatic nitrogens is 2. The zero-order valence-corrected chi connectivity index (χ0v) is 22.2. The zero-order valence-electron chi connectivity index (χ0n) is 21.4. The number of hydrogen-bond acceptors (Lipinski definition) is 9. The largest absolute Gasteiger partial charge is 0.493 e. The molecule has 7 N–H and O–H groups in total. The third kappa shape index (κ3) is 6.72. The molecule has 0 radical (unpaired) electrons. The summed E-state index contributed by atoms with van der Waals surface area (Å²) in [6, 6.07) is 7.64. The molecule has 220 valence electrons. The number of hydrogen-bond donors (Lipinski definition) is 5. The lowest BCUT2D eigenvalue weighted by atomic mass is 9.82. The maximum Gasteiger partial charge on any atom is 0.493 e. The van der Waals surface area contributed by atoms with Crippen LogP contribution in [0.5, 0.6) is 0 Å². The number of sulfonamides is 1. The third-order valence-corrected chi connectivity index (χ3v) is 7.18. The van der Waals surface area contributed by atoms with Gasteiger partial charge < -0.3 is 16.3 Å². The molecule has 0 saturated heterocycles. The highest BCUT2D eigenvalue weighted by Crippen LogP contribution is 2.29. The quantitative estimate of drug-likeness (QED) is 0.0943. The van der Waals surface area contributed by atoms with Crippen LogP contribution < -0.4 is 32.1 Å². The number of amides is 1. The van der Waals surface area contributed by atoms with Crippen molar-refractivity contribution < 1.29 is 40.9 Å². The minimum Gasteiger partial charge on any atom is -0.369 e. The zero-order chi connectivity index (χ0) is 30.8. The van der Waals surface area contributed by atoms with Gasteiger partial charge in [0.25, 0.3) is 10.0 Å².